The van der Waals surface area contributed by atoms with Gasteiger partial charge in [-0.3, -0.25) is 9.69 Å². The number of nitrogens with zero attached hydrogens (tertiary/aromatic N) is 5. The van der Waals surface area contributed by atoms with Gasteiger partial charge in [-0.2, -0.15) is 0 Å². The van der Waals surface area contributed by atoms with E-state index in [1.807, 2.05) is 24.3 Å². The molecule has 1 N–H and O–H groups in total. The molecule has 1 aliphatic heterocycles. The Kier molecular flexibility index (Phi) is 4.03. The van der Waals surface area contributed by atoms with Crippen molar-refractivity contribution in [3.63, 3.8) is 0 Å². The summed E-state index contributed by atoms with van der Waals surface area (Å²) in [6.45, 7) is 8.02. The Morgan fingerprint density at radius 3 is 2.78 bits per heavy atom. The Labute approximate surface area is 155 Å². The zero-order chi connectivity index (χ0) is 19.0. The molecule has 1 unspecified atom stereocenters. The van der Waals surface area contributed by atoms with Gasteiger partial charge < -0.3 is 14.9 Å². The molecular formula is C18H18N6O3. The van der Waals surface area contributed by atoms with E-state index < -0.39 is 12.2 Å². The molecule has 4 rings (SSSR count). The van der Waals surface area contributed by atoms with Crippen LogP contribution in [-0.4, -0.2) is 46.7 Å². The van der Waals surface area contributed by atoms with Crippen LogP contribution < -0.4 is 10.2 Å². The van der Waals surface area contributed by atoms with Crippen molar-refractivity contribution in [2.24, 2.45) is 0 Å². The molecule has 0 bridgehead atoms. The molecule has 9 heteroatoms. The van der Waals surface area contributed by atoms with Crippen molar-refractivity contribution in [3.8, 4) is 0 Å². The molecule has 1 aliphatic carbocycles. The predicted octanol–water partition coefficient (Wildman–Crippen LogP) is 1.57. The fourth-order valence-electron chi connectivity index (χ4n) is 3.19. The number of carbonyl (C=O) groups excluding carboxylic acids is 2. The molecule has 9 nitrogen and oxygen atoms in total. The van der Waals surface area contributed by atoms with Gasteiger partial charge in [0.05, 0.1) is 19.3 Å². The number of anilines is 1. The van der Waals surface area contributed by atoms with Crippen LogP contribution in [-0.2, 0) is 16.8 Å². The number of carbonyl (C=O) groups is 2. The van der Waals surface area contributed by atoms with Crippen LogP contribution in [0.15, 0.2) is 30.5 Å². The van der Waals surface area contributed by atoms with Gasteiger partial charge in [-0.1, -0.05) is 5.21 Å². The Morgan fingerprint density at radius 1 is 1.41 bits per heavy atom. The second kappa shape index (κ2) is 6.39. The first-order chi connectivity index (χ1) is 13.0. The van der Waals surface area contributed by atoms with E-state index >= 15 is 0 Å². The van der Waals surface area contributed by atoms with Crippen molar-refractivity contribution < 1.29 is 14.3 Å². The minimum absolute atomic E-state index is 0.211. The molecule has 1 aromatic carbocycles. The van der Waals surface area contributed by atoms with E-state index in [2.05, 4.69) is 20.5 Å². The lowest BCUT2D eigenvalue weighted by Crippen LogP contribution is -2.26. The van der Waals surface area contributed by atoms with Crippen LogP contribution in [0.2, 0.25) is 0 Å². The lowest BCUT2D eigenvalue weighted by Gasteiger charge is -2.13. The SMILES string of the molecule is [C-]#[N+]C1(c2ccc(N3CC(Cn4cc(C(=O)NC)nn4)OC3=O)cc2)CC1. The molecule has 0 spiro atoms. The summed E-state index contributed by atoms with van der Waals surface area (Å²) in [4.78, 5) is 29.1. The highest BCUT2D eigenvalue weighted by atomic mass is 16.6. The van der Waals surface area contributed by atoms with Gasteiger partial charge in [0.2, 0.25) is 0 Å². The topological polar surface area (TPSA) is 93.7 Å². The highest BCUT2D eigenvalue weighted by Gasteiger charge is 2.52. The highest BCUT2D eigenvalue weighted by Crippen LogP contribution is 2.49. The zero-order valence-corrected chi connectivity index (χ0v) is 14.8. The molecule has 1 atom stereocenters. The summed E-state index contributed by atoms with van der Waals surface area (Å²) in [6.07, 6.45) is 2.48. The number of benzene rings is 1. The normalized spacial score (nSPS) is 20.1. The molecule has 2 aliphatic rings. The fraction of sp³-hybridized carbons (Fsp3) is 0.389. The molecule has 2 amide bonds. The second-order valence-electron chi connectivity index (χ2n) is 6.71. The summed E-state index contributed by atoms with van der Waals surface area (Å²) in [5.74, 6) is -0.320. The quantitative estimate of drug-likeness (QED) is 0.811. The van der Waals surface area contributed by atoms with Gasteiger partial charge in [0, 0.05) is 31.1 Å². The van der Waals surface area contributed by atoms with Gasteiger partial charge in [0.25, 0.3) is 11.4 Å². The number of cyclic esters (lactones) is 1. The molecular weight excluding hydrogens is 348 g/mol. The summed E-state index contributed by atoms with van der Waals surface area (Å²) < 4.78 is 6.90. The van der Waals surface area contributed by atoms with Crippen LogP contribution in [0.25, 0.3) is 4.85 Å². The standard InChI is InChI=1S/C18H18N6O3/c1-19-16(25)15-11-23(22-21-15)9-14-10-24(17(26)27-14)13-5-3-12(4-6-13)18(20-2)7-8-18/h3-6,11,14H,7-10H2,1H3,(H,19,25). The maximum absolute atomic E-state index is 12.2. The van der Waals surface area contributed by atoms with Gasteiger partial charge in [0.15, 0.2) is 5.69 Å². The minimum Gasteiger partial charge on any atom is -0.442 e. The average Bonchev–Trinajstić information content (AvgIpc) is 3.22. The summed E-state index contributed by atoms with van der Waals surface area (Å²) in [7, 11) is 1.52. The van der Waals surface area contributed by atoms with E-state index in [9.17, 15) is 9.59 Å². The first-order valence-corrected chi connectivity index (χ1v) is 8.64. The number of nitrogens with one attached hydrogen (secondary N) is 1. The molecule has 2 heterocycles. The molecule has 1 saturated carbocycles. The first-order valence-electron chi connectivity index (χ1n) is 8.64. The van der Waals surface area contributed by atoms with Crippen LogP contribution in [0.4, 0.5) is 10.5 Å². The zero-order valence-electron chi connectivity index (χ0n) is 14.8. The molecule has 2 aromatic rings. The number of ether oxygens (including phenoxy) is 1. The van der Waals surface area contributed by atoms with Crippen LogP contribution in [0, 0.1) is 6.57 Å². The predicted molar refractivity (Wildman–Crippen MR) is 95.0 cm³/mol. The summed E-state index contributed by atoms with van der Waals surface area (Å²) in [5, 5.41) is 10.2. The van der Waals surface area contributed by atoms with Crippen molar-refractivity contribution in [1.29, 1.82) is 0 Å². The van der Waals surface area contributed by atoms with E-state index in [4.69, 9.17) is 11.3 Å². The Bertz CT molecular complexity index is 925. The number of hydrogen-bond acceptors (Lipinski definition) is 5. The summed E-state index contributed by atoms with van der Waals surface area (Å²) >= 11 is 0. The summed E-state index contributed by atoms with van der Waals surface area (Å²) in [6, 6.07) is 7.52. The van der Waals surface area contributed by atoms with Crippen molar-refractivity contribution in [2.75, 3.05) is 18.5 Å². The lowest BCUT2D eigenvalue weighted by molar-refractivity contribution is 0.0957. The highest BCUT2D eigenvalue weighted by molar-refractivity contribution is 5.91. The molecule has 2 fully saturated rings. The van der Waals surface area contributed by atoms with Crippen LogP contribution >= 0.6 is 0 Å². The third-order valence-electron chi connectivity index (χ3n) is 4.92. The second-order valence-corrected chi connectivity index (χ2v) is 6.71. The minimum atomic E-state index is -0.425. The van der Waals surface area contributed by atoms with Crippen molar-refractivity contribution in [1.82, 2.24) is 20.3 Å². The molecule has 1 saturated heterocycles. The Balaban J connectivity index is 1.42. The molecule has 138 valence electrons. The van der Waals surface area contributed by atoms with Crippen LogP contribution in [0.5, 0.6) is 0 Å². The van der Waals surface area contributed by atoms with Gasteiger partial charge in [0.1, 0.15) is 6.10 Å². The van der Waals surface area contributed by atoms with E-state index in [0.717, 1.165) is 24.1 Å². The van der Waals surface area contributed by atoms with E-state index in [-0.39, 0.29) is 17.1 Å². The Hall–Kier alpha value is -3.41. The first kappa shape index (κ1) is 17.0. The lowest BCUT2D eigenvalue weighted by atomic mass is 10.1. The maximum atomic E-state index is 12.2. The molecule has 27 heavy (non-hydrogen) atoms. The van der Waals surface area contributed by atoms with Crippen molar-refractivity contribution in [3.05, 3.63) is 53.1 Å². The van der Waals surface area contributed by atoms with Gasteiger partial charge >= 0.3 is 6.09 Å². The number of hydrogen-bond donors (Lipinski definition) is 1. The third kappa shape index (κ3) is 3.10. The van der Waals surface area contributed by atoms with Crippen molar-refractivity contribution in [2.45, 2.75) is 31.0 Å². The van der Waals surface area contributed by atoms with Crippen LogP contribution in [0.1, 0.15) is 28.9 Å². The smallest absolute Gasteiger partial charge is 0.414 e. The van der Waals surface area contributed by atoms with Gasteiger partial charge in [-0.25, -0.2) is 16.0 Å². The monoisotopic (exact) mass is 366 g/mol. The fourth-order valence-corrected chi connectivity index (χ4v) is 3.19. The van der Waals surface area contributed by atoms with E-state index in [0.29, 0.717) is 13.1 Å². The molecule has 0 radical (unpaired) electrons. The van der Waals surface area contributed by atoms with Gasteiger partial charge in [-0.05, 0) is 24.3 Å². The van der Waals surface area contributed by atoms with Crippen molar-refractivity contribution >= 4 is 17.7 Å². The largest absolute Gasteiger partial charge is 0.442 e. The number of rotatable bonds is 5. The summed E-state index contributed by atoms with van der Waals surface area (Å²) in [5.41, 5.74) is 1.58. The maximum Gasteiger partial charge on any atom is 0.414 e. The third-order valence-corrected chi connectivity index (χ3v) is 4.92. The Morgan fingerprint density at radius 2 is 2.15 bits per heavy atom. The average molecular weight is 366 g/mol. The molecule has 1 aromatic heterocycles. The van der Waals surface area contributed by atoms with Crippen LogP contribution in [0.3, 0.4) is 0 Å². The number of aromatic nitrogens is 3. The van der Waals surface area contributed by atoms with Gasteiger partial charge in [-0.15, -0.1) is 5.10 Å². The van der Waals surface area contributed by atoms with E-state index in [1.165, 1.54) is 17.9 Å². The van der Waals surface area contributed by atoms with E-state index in [1.54, 1.807) is 4.90 Å². The number of amides is 2.